The van der Waals surface area contributed by atoms with E-state index in [1.54, 1.807) is 12.1 Å². The maximum absolute atomic E-state index is 12.4. The van der Waals surface area contributed by atoms with Gasteiger partial charge in [0.25, 0.3) is 0 Å². The summed E-state index contributed by atoms with van der Waals surface area (Å²) in [5, 5.41) is 5.92. The molecule has 0 aliphatic carbocycles. The third kappa shape index (κ3) is 5.04. The number of methoxy groups -OCH3 is 1. The van der Waals surface area contributed by atoms with E-state index in [2.05, 4.69) is 15.4 Å². The predicted molar refractivity (Wildman–Crippen MR) is 83.5 cm³/mol. The lowest BCUT2D eigenvalue weighted by atomic mass is 10.1. The van der Waals surface area contributed by atoms with Gasteiger partial charge in [-0.1, -0.05) is 6.07 Å². The van der Waals surface area contributed by atoms with Crippen molar-refractivity contribution in [1.82, 2.24) is 10.6 Å². The second-order valence-corrected chi connectivity index (χ2v) is 5.41. The lowest BCUT2D eigenvalue weighted by molar-refractivity contribution is -0.128. The minimum absolute atomic E-state index is 0.0210. The largest absolute Gasteiger partial charge is 0.493 e. The van der Waals surface area contributed by atoms with E-state index >= 15 is 0 Å². The first-order valence-corrected chi connectivity index (χ1v) is 7.75. The molecule has 0 saturated carbocycles. The fourth-order valence-corrected chi connectivity index (χ4v) is 2.53. The summed E-state index contributed by atoms with van der Waals surface area (Å²) in [5.41, 5.74) is 0.757. The zero-order valence-corrected chi connectivity index (χ0v) is 13.7. The first-order valence-electron chi connectivity index (χ1n) is 7.75. The lowest BCUT2D eigenvalue weighted by Gasteiger charge is -2.29. The molecule has 1 aromatic rings. The summed E-state index contributed by atoms with van der Waals surface area (Å²) in [6, 6.07) is 4.41. The minimum Gasteiger partial charge on any atom is -0.493 e. The van der Waals surface area contributed by atoms with Crippen LogP contribution in [0, 0.1) is 0 Å². The van der Waals surface area contributed by atoms with Gasteiger partial charge in [-0.25, -0.2) is 0 Å². The first kappa shape index (κ1) is 18.4. The highest BCUT2D eigenvalue weighted by atomic mass is 19.3. The van der Waals surface area contributed by atoms with Crippen molar-refractivity contribution in [2.24, 2.45) is 0 Å². The van der Waals surface area contributed by atoms with Crippen molar-refractivity contribution in [3.63, 3.8) is 0 Å². The van der Waals surface area contributed by atoms with Crippen LogP contribution in [0.2, 0.25) is 0 Å². The molecule has 1 fully saturated rings. The number of ether oxygens (including phenoxy) is 3. The minimum atomic E-state index is -2.92. The third-order valence-electron chi connectivity index (χ3n) is 3.76. The normalized spacial score (nSPS) is 20.7. The molecule has 1 aliphatic rings. The summed E-state index contributed by atoms with van der Waals surface area (Å²) < 4.78 is 39.7. The zero-order chi connectivity index (χ0) is 17.5. The van der Waals surface area contributed by atoms with E-state index in [0.717, 1.165) is 5.56 Å². The van der Waals surface area contributed by atoms with Crippen LogP contribution in [0.4, 0.5) is 8.78 Å². The highest BCUT2D eigenvalue weighted by Gasteiger charge is 2.27. The van der Waals surface area contributed by atoms with Crippen molar-refractivity contribution < 1.29 is 27.8 Å². The molecule has 1 heterocycles. The van der Waals surface area contributed by atoms with Crippen molar-refractivity contribution in [2.45, 2.75) is 32.1 Å². The van der Waals surface area contributed by atoms with Crippen molar-refractivity contribution in [1.29, 1.82) is 0 Å². The summed E-state index contributed by atoms with van der Waals surface area (Å²) >= 11 is 0. The Balaban J connectivity index is 1.88. The number of benzene rings is 1. The lowest BCUT2D eigenvalue weighted by Crippen LogP contribution is -2.55. The number of rotatable bonds is 7. The van der Waals surface area contributed by atoms with Crippen LogP contribution in [0.3, 0.4) is 0 Å². The number of hydrogen-bond acceptors (Lipinski definition) is 5. The van der Waals surface area contributed by atoms with Crippen molar-refractivity contribution in [2.75, 3.05) is 26.8 Å². The van der Waals surface area contributed by atoms with Gasteiger partial charge >= 0.3 is 6.61 Å². The third-order valence-corrected chi connectivity index (χ3v) is 3.76. The summed E-state index contributed by atoms with van der Waals surface area (Å²) in [6.45, 7) is 0.518. The molecule has 0 unspecified atom stereocenters. The van der Waals surface area contributed by atoms with E-state index in [0.29, 0.717) is 26.1 Å². The van der Waals surface area contributed by atoms with E-state index in [-0.39, 0.29) is 29.6 Å². The Kier molecular flexibility index (Phi) is 6.74. The number of morpholine rings is 1. The molecule has 6 nitrogen and oxygen atoms in total. The quantitative estimate of drug-likeness (QED) is 0.781. The molecule has 24 heavy (non-hydrogen) atoms. The van der Waals surface area contributed by atoms with Crippen LogP contribution in [0.25, 0.3) is 0 Å². The molecule has 1 aliphatic heterocycles. The predicted octanol–water partition coefficient (Wildman–Crippen LogP) is 1.33. The molecule has 2 rings (SSSR count). The summed E-state index contributed by atoms with van der Waals surface area (Å²) in [5.74, 6) is 0.0764. The Morgan fingerprint density at radius 3 is 2.92 bits per heavy atom. The van der Waals surface area contributed by atoms with Crippen molar-refractivity contribution in [3.8, 4) is 11.5 Å². The standard InChI is InChI=1S/C16H22F2N2O4/c1-10-14(19-7-8-23-10)15(21)20-6-5-11-3-4-12(22-2)13(9-11)24-16(17)18/h3-4,9-10,14,16,19H,5-8H2,1-2H3,(H,20,21)/t10-,14+/m1/s1. The summed E-state index contributed by atoms with van der Waals surface area (Å²) in [7, 11) is 1.38. The monoisotopic (exact) mass is 344 g/mol. The maximum atomic E-state index is 12.4. The number of nitrogens with one attached hydrogen (secondary N) is 2. The summed E-state index contributed by atoms with van der Waals surface area (Å²) in [4.78, 5) is 12.1. The molecular formula is C16H22F2N2O4. The molecule has 0 spiro atoms. The van der Waals surface area contributed by atoms with Gasteiger partial charge in [-0.2, -0.15) is 8.78 Å². The zero-order valence-electron chi connectivity index (χ0n) is 13.7. The second-order valence-electron chi connectivity index (χ2n) is 5.41. The van der Waals surface area contributed by atoms with E-state index in [9.17, 15) is 13.6 Å². The number of hydrogen-bond donors (Lipinski definition) is 2. The molecule has 2 N–H and O–H groups in total. The molecule has 2 atom stereocenters. The highest BCUT2D eigenvalue weighted by molar-refractivity contribution is 5.82. The number of alkyl halides is 2. The van der Waals surface area contributed by atoms with E-state index < -0.39 is 6.61 Å². The molecule has 0 aromatic heterocycles. The second kappa shape index (κ2) is 8.79. The molecule has 1 saturated heterocycles. The maximum Gasteiger partial charge on any atom is 0.387 e. The average molecular weight is 344 g/mol. The van der Waals surface area contributed by atoms with Crippen molar-refractivity contribution >= 4 is 5.91 Å². The smallest absolute Gasteiger partial charge is 0.387 e. The van der Waals surface area contributed by atoms with Gasteiger partial charge < -0.3 is 24.8 Å². The van der Waals surface area contributed by atoms with Gasteiger partial charge in [0.2, 0.25) is 5.91 Å². The fourth-order valence-electron chi connectivity index (χ4n) is 2.53. The summed E-state index contributed by atoms with van der Waals surface area (Å²) in [6.07, 6.45) is 0.294. The molecule has 0 bridgehead atoms. The van der Waals surface area contributed by atoms with Gasteiger partial charge in [0.1, 0.15) is 6.04 Å². The van der Waals surface area contributed by atoms with Crippen LogP contribution < -0.4 is 20.1 Å². The number of halogens is 2. The Bertz CT molecular complexity index is 557. The molecule has 1 aromatic carbocycles. The van der Waals surface area contributed by atoms with E-state index in [1.165, 1.54) is 13.2 Å². The van der Waals surface area contributed by atoms with Crippen LogP contribution in [0.15, 0.2) is 18.2 Å². The van der Waals surface area contributed by atoms with Crippen LogP contribution in [0.5, 0.6) is 11.5 Å². The average Bonchev–Trinajstić information content (AvgIpc) is 2.55. The molecule has 134 valence electrons. The van der Waals surface area contributed by atoms with Gasteiger partial charge in [0.15, 0.2) is 11.5 Å². The van der Waals surface area contributed by atoms with Crippen molar-refractivity contribution in [3.05, 3.63) is 23.8 Å². The highest BCUT2D eigenvalue weighted by Crippen LogP contribution is 2.29. The molecule has 8 heteroatoms. The van der Waals surface area contributed by atoms with Crippen LogP contribution >= 0.6 is 0 Å². The van der Waals surface area contributed by atoms with Crippen LogP contribution in [-0.4, -0.2) is 51.5 Å². The van der Waals surface area contributed by atoms with E-state index in [1.807, 2.05) is 6.92 Å². The van der Waals surface area contributed by atoms with Gasteiger partial charge in [-0.3, -0.25) is 4.79 Å². The Labute approximate surface area is 139 Å². The number of carbonyl (C=O) groups excluding carboxylic acids is 1. The van der Waals surface area contributed by atoms with Gasteiger partial charge in [-0.05, 0) is 31.0 Å². The van der Waals surface area contributed by atoms with Gasteiger partial charge in [0.05, 0.1) is 19.8 Å². The van der Waals surface area contributed by atoms with E-state index in [4.69, 9.17) is 9.47 Å². The first-order chi connectivity index (χ1) is 11.5. The Morgan fingerprint density at radius 1 is 1.46 bits per heavy atom. The topological polar surface area (TPSA) is 68.8 Å². The van der Waals surface area contributed by atoms with Gasteiger partial charge in [0, 0.05) is 13.1 Å². The molecule has 0 radical (unpaired) electrons. The molecular weight excluding hydrogens is 322 g/mol. The SMILES string of the molecule is COc1ccc(CCNC(=O)[C@H]2NCCO[C@@H]2C)cc1OC(F)F. The van der Waals surface area contributed by atoms with Crippen LogP contribution in [-0.2, 0) is 16.0 Å². The fraction of sp³-hybridized carbons (Fsp3) is 0.562. The number of amides is 1. The Morgan fingerprint density at radius 2 is 2.25 bits per heavy atom. The van der Waals surface area contributed by atoms with Crippen LogP contribution in [0.1, 0.15) is 12.5 Å². The van der Waals surface area contributed by atoms with Gasteiger partial charge in [-0.15, -0.1) is 0 Å². The number of carbonyl (C=O) groups is 1. The Hall–Kier alpha value is -1.93. The molecule has 1 amide bonds.